The Balaban J connectivity index is 1.61. The standard InChI is InChI=1S/C25H16Br2N2O4/c1-13-12-14(29(32)33)10-11-19(13)28-22(30)20-21(23(28)31)25(27)16-7-3-2-6-15(16)24(20,26)17-8-4-5-9-18(17)25/h2-12,20-21H,1H3/t20-,21-,24?,25?/m0/s1. The van der Waals surface area contributed by atoms with Gasteiger partial charge < -0.3 is 0 Å². The monoisotopic (exact) mass is 566 g/mol. The van der Waals surface area contributed by atoms with Gasteiger partial charge >= 0.3 is 0 Å². The van der Waals surface area contributed by atoms with Gasteiger partial charge in [-0.1, -0.05) is 80.4 Å². The van der Waals surface area contributed by atoms with Gasteiger partial charge in [0.1, 0.15) is 0 Å². The van der Waals surface area contributed by atoms with Crippen molar-refractivity contribution in [3.63, 3.8) is 0 Å². The molecule has 3 aliphatic carbocycles. The number of imide groups is 1. The quantitative estimate of drug-likeness (QED) is 0.182. The highest BCUT2D eigenvalue weighted by molar-refractivity contribution is 9.10. The minimum Gasteiger partial charge on any atom is -0.274 e. The van der Waals surface area contributed by atoms with Crippen LogP contribution in [0.4, 0.5) is 11.4 Å². The number of hydrogen-bond donors (Lipinski definition) is 0. The molecule has 1 aliphatic heterocycles. The number of benzene rings is 3. The molecule has 2 amide bonds. The van der Waals surface area contributed by atoms with Gasteiger partial charge in [-0.15, -0.1) is 0 Å². The topological polar surface area (TPSA) is 80.5 Å². The van der Waals surface area contributed by atoms with Crippen molar-refractivity contribution in [2.24, 2.45) is 11.8 Å². The number of anilines is 1. The molecule has 2 atom stereocenters. The number of alkyl halides is 2. The molecule has 0 unspecified atom stereocenters. The first-order valence-electron chi connectivity index (χ1n) is 10.4. The number of carbonyl (C=O) groups is 2. The van der Waals surface area contributed by atoms with Crippen molar-refractivity contribution in [1.29, 1.82) is 0 Å². The molecule has 4 aliphatic rings. The maximum absolute atomic E-state index is 14.0. The highest BCUT2D eigenvalue weighted by atomic mass is 79.9. The molecule has 1 heterocycles. The fraction of sp³-hybridized carbons (Fsp3) is 0.200. The van der Waals surface area contributed by atoms with Gasteiger partial charge in [0.05, 0.1) is 31.1 Å². The van der Waals surface area contributed by atoms with Crippen LogP contribution in [0.1, 0.15) is 27.8 Å². The van der Waals surface area contributed by atoms with Crippen molar-refractivity contribution in [3.8, 4) is 0 Å². The minimum absolute atomic E-state index is 0.0819. The van der Waals surface area contributed by atoms with E-state index in [9.17, 15) is 19.7 Å². The number of aryl methyl sites for hydroxylation is 1. The summed E-state index contributed by atoms with van der Waals surface area (Å²) in [6, 6.07) is 20.0. The molecule has 6 nitrogen and oxygen atoms in total. The van der Waals surface area contributed by atoms with Crippen molar-refractivity contribution < 1.29 is 14.5 Å². The number of halogens is 2. The predicted molar refractivity (Wildman–Crippen MR) is 130 cm³/mol. The molecule has 0 saturated carbocycles. The molecule has 3 aromatic carbocycles. The fourth-order valence-corrected chi connectivity index (χ4v) is 8.21. The van der Waals surface area contributed by atoms with E-state index in [1.807, 2.05) is 48.5 Å². The summed E-state index contributed by atoms with van der Waals surface area (Å²) in [6.07, 6.45) is 0. The summed E-state index contributed by atoms with van der Waals surface area (Å²) in [5, 5.41) is 11.2. The molecule has 0 aromatic heterocycles. The number of amides is 2. The number of nitro groups is 1. The average molecular weight is 568 g/mol. The van der Waals surface area contributed by atoms with Crippen LogP contribution in [-0.4, -0.2) is 16.7 Å². The number of nitro benzene ring substituents is 1. The summed E-state index contributed by atoms with van der Waals surface area (Å²) in [7, 11) is 0. The Kier molecular flexibility index (Phi) is 4.15. The Morgan fingerprint density at radius 3 is 1.61 bits per heavy atom. The van der Waals surface area contributed by atoms with Gasteiger partial charge in [-0.3, -0.25) is 19.7 Å². The Bertz CT molecular complexity index is 1300. The third kappa shape index (κ3) is 2.33. The van der Waals surface area contributed by atoms with Crippen LogP contribution in [0, 0.1) is 28.9 Å². The smallest absolute Gasteiger partial charge is 0.269 e. The number of hydrogen-bond acceptors (Lipinski definition) is 4. The zero-order valence-electron chi connectivity index (χ0n) is 17.3. The van der Waals surface area contributed by atoms with Gasteiger partial charge in [0.2, 0.25) is 11.8 Å². The van der Waals surface area contributed by atoms with E-state index in [1.165, 1.54) is 23.1 Å². The highest BCUT2D eigenvalue weighted by Gasteiger charge is 2.72. The molecule has 1 fully saturated rings. The van der Waals surface area contributed by atoms with Crippen molar-refractivity contribution in [1.82, 2.24) is 0 Å². The van der Waals surface area contributed by atoms with E-state index in [2.05, 4.69) is 31.9 Å². The van der Waals surface area contributed by atoms with Gasteiger partial charge in [0, 0.05) is 12.1 Å². The van der Waals surface area contributed by atoms with Crippen LogP contribution in [0.15, 0.2) is 66.7 Å². The second kappa shape index (κ2) is 6.61. The molecule has 0 spiro atoms. The van der Waals surface area contributed by atoms with E-state index in [-0.39, 0.29) is 17.5 Å². The summed E-state index contributed by atoms with van der Waals surface area (Å²) >= 11 is 7.94. The van der Waals surface area contributed by atoms with Gasteiger partial charge in [0.15, 0.2) is 0 Å². The molecule has 0 radical (unpaired) electrons. The van der Waals surface area contributed by atoms with Gasteiger partial charge in [-0.2, -0.15) is 0 Å². The first-order valence-corrected chi connectivity index (χ1v) is 12.0. The lowest BCUT2D eigenvalue weighted by atomic mass is 9.54. The Morgan fingerprint density at radius 2 is 1.24 bits per heavy atom. The lowest BCUT2D eigenvalue weighted by Crippen LogP contribution is -2.56. The predicted octanol–water partition coefficient (Wildman–Crippen LogP) is 5.31. The highest BCUT2D eigenvalue weighted by Crippen LogP contribution is 2.70. The van der Waals surface area contributed by atoms with E-state index < -0.39 is 25.4 Å². The van der Waals surface area contributed by atoms with Crippen LogP contribution in [0.2, 0.25) is 0 Å². The van der Waals surface area contributed by atoms with E-state index in [0.29, 0.717) is 11.3 Å². The van der Waals surface area contributed by atoms with Crippen molar-refractivity contribution in [2.45, 2.75) is 15.6 Å². The lowest BCUT2D eigenvalue weighted by molar-refractivity contribution is -0.384. The maximum atomic E-state index is 14.0. The van der Waals surface area contributed by atoms with E-state index >= 15 is 0 Å². The summed E-state index contributed by atoms with van der Waals surface area (Å²) in [5.41, 5.74) is 4.65. The second-order valence-corrected chi connectivity index (χ2v) is 11.2. The SMILES string of the molecule is Cc1cc([N+](=O)[O-])ccc1N1C(=O)[C@@H]2[C@@H](C1=O)C1(Br)c3ccccc3C2(Br)c2ccccc21. The largest absolute Gasteiger partial charge is 0.274 e. The molecule has 3 aromatic rings. The molecule has 1 saturated heterocycles. The first-order chi connectivity index (χ1) is 15.7. The number of carbonyl (C=O) groups excluding carboxylic acids is 2. The molecule has 2 bridgehead atoms. The molecular weight excluding hydrogens is 552 g/mol. The van der Waals surface area contributed by atoms with E-state index in [0.717, 1.165) is 22.3 Å². The van der Waals surface area contributed by atoms with Crippen LogP contribution in [0.3, 0.4) is 0 Å². The van der Waals surface area contributed by atoms with E-state index in [1.54, 1.807) is 6.92 Å². The number of rotatable bonds is 2. The van der Waals surface area contributed by atoms with Crippen LogP contribution in [0.25, 0.3) is 0 Å². The number of nitrogens with zero attached hydrogens (tertiary/aromatic N) is 2. The third-order valence-electron chi connectivity index (χ3n) is 7.22. The van der Waals surface area contributed by atoms with Crippen LogP contribution >= 0.6 is 31.9 Å². The second-order valence-electron chi connectivity index (χ2n) is 8.71. The Labute approximate surface area is 206 Å². The number of non-ortho nitro benzene ring substituents is 1. The normalized spacial score (nSPS) is 29.0. The molecule has 0 N–H and O–H groups in total. The van der Waals surface area contributed by atoms with Crippen LogP contribution in [0.5, 0.6) is 0 Å². The van der Waals surface area contributed by atoms with E-state index in [4.69, 9.17) is 0 Å². The molecule has 8 heteroatoms. The molecule has 7 rings (SSSR count). The van der Waals surface area contributed by atoms with Gasteiger partial charge in [0.25, 0.3) is 5.69 Å². The fourth-order valence-electron chi connectivity index (χ4n) is 5.91. The van der Waals surface area contributed by atoms with Gasteiger partial charge in [-0.05, 0) is 40.8 Å². The Hall–Kier alpha value is -2.84. The lowest BCUT2D eigenvalue weighted by Gasteiger charge is -2.55. The van der Waals surface area contributed by atoms with Crippen molar-refractivity contribution in [3.05, 3.63) is 105 Å². The zero-order valence-corrected chi connectivity index (χ0v) is 20.5. The van der Waals surface area contributed by atoms with Crippen LogP contribution in [-0.2, 0) is 18.2 Å². The van der Waals surface area contributed by atoms with Crippen molar-refractivity contribution in [2.75, 3.05) is 4.90 Å². The minimum atomic E-state index is -0.865. The summed E-state index contributed by atoms with van der Waals surface area (Å²) in [5.74, 6) is -1.98. The van der Waals surface area contributed by atoms with Crippen molar-refractivity contribution >= 4 is 55.0 Å². The average Bonchev–Trinajstić information content (AvgIpc) is 3.08. The summed E-state index contributed by atoms with van der Waals surface area (Å²) in [4.78, 5) is 39.9. The zero-order chi connectivity index (χ0) is 23.3. The first kappa shape index (κ1) is 20.7. The molecule has 33 heavy (non-hydrogen) atoms. The maximum Gasteiger partial charge on any atom is 0.269 e. The summed E-state index contributed by atoms with van der Waals surface area (Å²) < 4.78 is -1.73. The van der Waals surface area contributed by atoms with Gasteiger partial charge in [-0.25, -0.2) is 4.90 Å². The summed E-state index contributed by atoms with van der Waals surface area (Å²) in [6.45, 7) is 1.68. The molecular formula is C25H16Br2N2O4. The Morgan fingerprint density at radius 1 is 0.818 bits per heavy atom. The molecule has 164 valence electrons. The third-order valence-corrected chi connectivity index (χ3v) is 9.91. The van der Waals surface area contributed by atoms with Crippen LogP contribution < -0.4 is 4.90 Å².